The highest BCUT2D eigenvalue weighted by Gasteiger charge is 2.06. The predicted molar refractivity (Wildman–Crippen MR) is 95.2 cm³/mol. The summed E-state index contributed by atoms with van der Waals surface area (Å²) >= 11 is 0. The van der Waals surface area contributed by atoms with E-state index in [2.05, 4.69) is 67.4 Å². The fraction of sp³-hybridized carbons (Fsp3) is 0.0952. The fourth-order valence-corrected chi connectivity index (χ4v) is 2.96. The first kappa shape index (κ1) is 13.8. The number of pyridine rings is 1. The van der Waals surface area contributed by atoms with Crippen molar-refractivity contribution in [3.63, 3.8) is 0 Å². The minimum Gasteiger partial charge on any atom is -0.439 e. The maximum Gasteiger partial charge on any atom is 0.219 e. The van der Waals surface area contributed by atoms with E-state index in [0.717, 1.165) is 22.1 Å². The smallest absolute Gasteiger partial charge is 0.219 e. The maximum absolute atomic E-state index is 6.01. The summed E-state index contributed by atoms with van der Waals surface area (Å²) in [6.45, 7) is 4.13. The van der Waals surface area contributed by atoms with Gasteiger partial charge in [-0.1, -0.05) is 54.1 Å². The highest BCUT2D eigenvalue weighted by molar-refractivity contribution is 6.07. The summed E-state index contributed by atoms with van der Waals surface area (Å²) in [5.74, 6) is 1.48. The second kappa shape index (κ2) is 5.40. The minimum atomic E-state index is 0.626. The molecule has 23 heavy (non-hydrogen) atoms. The lowest BCUT2D eigenvalue weighted by atomic mass is 10.0. The normalized spacial score (nSPS) is 11.0. The van der Waals surface area contributed by atoms with Gasteiger partial charge in [-0.3, -0.25) is 0 Å². The molecule has 4 rings (SSSR count). The standard InChI is InChI=1S/C21H17NO/c1-14-7-10-20(15(2)11-14)23-21-12-19-17(13-22-21)9-8-16-5-3-4-6-18(16)19/h3-13H,1-2H3. The molecule has 0 atom stereocenters. The van der Waals surface area contributed by atoms with E-state index in [0.29, 0.717) is 5.88 Å². The van der Waals surface area contributed by atoms with E-state index < -0.39 is 0 Å². The van der Waals surface area contributed by atoms with Crippen molar-refractivity contribution in [2.45, 2.75) is 13.8 Å². The van der Waals surface area contributed by atoms with Crippen LogP contribution in [0.4, 0.5) is 0 Å². The van der Waals surface area contributed by atoms with Crippen LogP contribution in [0.1, 0.15) is 11.1 Å². The van der Waals surface area contributed by atoms with Crippen LogP contribution in [0.15, 0.2) is 66.9 Å². The number of fused-ring (bicyclic) bond motifs is 3. The summed E-state index contributed by atoms with van der Waals surface area (Å²) in [4.78, 5) is 4.45. The van der Waals surface area contributed by atoms with Crippen molar-refractivity contribution in [1.82, 2.24) is 4.98 Å². The third-order valence-electron chi connectivity index (χ3n) is 4.15. The van der Waals surface area contributed by atoms with Gasteiger partial charge in [0.1, 0.15) is 5.75 Å². The van der Waals surface area contributed by atoms with Gasteiger partial charge in [0.25, 0.3) is 0 Å². The lowest BCUT2D eigenvalue weighted by Crippen LogP contribution is -1.91. The van der Waals surface area contributed by atoms with Crippen LogP contribution in [0.3, 0.4) is 0 Å². The van der Waals surface area contributed by atoms with Gasteiger partial charge in [0.05, 0.1) is 0 Å². The van der Waals surface area contributed by atoms with Gasteiger partial charge in [-0.05, 0) is 41.6 Å². The molecule has 0 bridgehead atoms. The number of benzene rings is 3. The Morgan fingerprint density at radius 1 is 0.783 bits per heavy atom. The Morgan fingerprint density at radius 2 is 1.61 bits per heavy atom. The van der Waals surface area contributed by atoms with E-state index in [1.165, 1.54) is 16.3 Å². The van der Waals surface area contributed by atoms with E-state index in [-0.39, 0.29) is 0 Å². The molecule has 0 aliphatic carbocycles. The third-order valence-corrected chi connectivity index (χ3v) is 4.15. The topological polar surface area (TPSA) is 22.1 Å². The van der Waals surface area contributed by atoms with Crippen LogP contribution in [0, 0.1) is 13.8 Å². The Bertz CT molecular complexity index is 1020. The molecule has 0 aliphatic heterocycles. The first-order valence-electron chi connectivity index (χ1n) is 7.73. The number of hydrogen-bond acceptors (Lipinski definition) is 2. The number of hydrogen-bond donors (Lipinski definition) is 0. The van der Waals surface area contributed by atoms with E-state index in [9.17, 15) is 0 Å². The first-order valence-corrected chi connectivity index (χ1v) is 7.73. The zero-order valence-corrected chi connectivity index (χ0v) is 13.2. The molecule has 2 nitrogen and oxygen atoms in total. The summed E-state index contributed by atoms with van der Waals surface area (Å²) in [6, 6.07) is 20.8. The lowest BCUT2D eigenvalue weighted by Gasteiger charge is -2.10. The number of aryl methyl sites for hydroxylation is 2. The van der Waals surface area contributed by atoms with E-state index >= 15 is 0 Å². The van der Waals surface area contributed by atoms with Gasteiger partial charge >= 0.3 is 0 Å². The minimum absolute atomic E-state index is 0.626. The molecular weight excluding hydrogens is 282 g/mol. The number of aromatic nitrogens is 1. The molecule has 2 heteroatoms. The van der Waals surface area contributed by atoms with Crippen LogP contribution >= 0.6 is 0 Å². The van der Waals surface area contributed by atoms with Gasteiger partial charge in [-0.2, -0.15) is 0 Å². The lowest BCUT2D eigenvalue weighted by molar-refractivity contribution is 0.460. The maximum atomic E-state index is 6.01. The predicted octanol–water partition coefficient (Wildman–Crippen LogP) is 5.80. The molecule has 0 aliphatic rings. The Hall–Kier alpha value is -2.87. The summed E-state index contributed by atoms with van der Waals surface area (Å²) in [5, 5.41) is 4.73. The number of nitrogens with zero attached hydrogens (tertiary/aromatic N) is 1. The van der Waals surface area contributed by atoms with Crippen molar-refractivity contribution in [1.29, 1.82) is 0 Å². The Kier molecular flexibility index (Phi) is 3.23. The second-order valence-electron chi connectivity index (χ2n) is 5.90. The molecule has 0 saturated carbocycles. The van der Waals surface area contributed by atoms with Crippen molar-refractivity contribution in [2.75, 3.05) is 0 Å². The Morgan fingerprint density at radius 3 is 2.48 bits per heavy atom. The average molecular weight is 299 g/mol. The summed E-state index contributed by atoms with van der Waals surface area (Å²) in [5.41, 5.74) is 2.34. The van der Waals surface area contributed by atoms with Crippen molar-refractivity contribution in [3.05, 3.63) is 78.0 Å². The highest BCUT2D eigenvalue weighted by Crippen LogP contribution is 2.30. The van der Waals surface area contributed by atoms with Gasteiger partial charge < -0.3 is 4.74 Å². The van der Waals surface area contributed by atoms with Crippen molar-refractivity contribution in [3.8, 4) is 11.6 Å². The van der Waals surface area contributed by atoms with E-state index in [1.54, 1.807) is 0 Å². The molecule has 0 fully saturated rings. The molecule has 112 valence electrons. The number of ether oxygens (including phenoxy) is 1. The van der Waals surface area contributed by atoms with E-state index in [1.807, 2.05) is 18.3 Å². The largest absolute Gasteiger partial charge is 0.439 e. The van der Waals surface area contributed by atoms with Crippen LogP contribution in [0.5, 0.6) is 11.6 Å². The van der Waals surface area contributed by atoms with Crippen LogP contribution in [-0.2, 0) is 0 Å². The molecule has 0 radical (unpaired) electrons. The first-order chi connectivity index (χ1) is 11.2. The van der Waals surface area contributed by atoms with Gasteiger partial charge in [-0.15, -0.1) is 0 Å². The molecule has 0 spiro atoms. The quantitative estimate of drug-likeness (QED) is 0.437. The molecule has 0 N–H and O–H groups in total. The summed E-state index contributed by atoms with van der Waals surface area (Å²) < 4.78 is 6.01. The van der Waals surface area contributed by atoms with Gasteiger partial charge in [-0.25, -0.2) is 4.98 Å². The molecule has 1 heterocycles. The van der Waals surface area contributed by atoms with Crippen LogP contribution < -0.4 is 4.74 Å². The monoisotopic (exact) mass is 299 g/mol. The molecule has 0 amide bonds. The van der Waals surface area contributed by atoms with Crippen LogP contribution in [0.25, 0.3) is 21.5 Å². The molecule has 1 aromatic heterocycles. The zero-order chi connectivity index (χ0) is 15.8. The summed E-state index contributed by atoms with van der Waals surface area (Å²) in [7, 11) is 0. The summed E-state index contributed by atoms with van der Waals surface area (Å²) in [6.07, 6.45) is 1.88. The van der Waals surface area contributed by atoms with Gasteiger partial charge in [0, 0.05) is 17.6 Å². The van der Waals surface area contributed by atoms with Crippen molar-refractivity contribution in [2.24, 2.45) is 0 Å². The average Bonchev–Trinajstić information content (AvgIpc) is 2.57. The van der Waals surface area contributed by atoms with Crippen LogP contribution in [-0.4, -0.2) is 4.98 Å². The molecule has 0 unspecified atom stereocenters. The van der Waals surface area contributed by atoms with E-state index in [4.69, 9.17) is 4.74 Å². The zero-order valence-electron chi connectivity index (χ0n) is 13.2. The van der Waals surface area contributed by atoms with Crippen molar-refractivity contribution >= 4 is 21.5 Å². The molecular formula is C21H17NO. The Balaban J connectivity index is 1.83. The Labute approximate surface area is 135 Å². The second-order valence-corrected chi connectivity index (χ2v) is 5.90. The van der Waals surface area contributed by atoms with Crippen LogP contribution in [0.2, 0.25) is 0 Å². The molecule has 3 aromatic carbocycles. The SMILES string of the molecule is Cc1ccc(Oc2cc3c(ccc4ccccc43)cn2)c(C)c1. The molecule has 0 saturated heterocycles. The highest BCUT2D eigenvalue weighted by atomic mass is 16.5. The van der Waals surface area contributed by atoms with Crippen molar-refractivity contribution < 1.29 is 4.74 Å². The third kappa shape index (κ3) is 2.53. The van der Waals surface area contributed by atoms with Gasteiger partial charge in [0.15, 0.2) is 0 Å². The fourth-order valence-electron chi connectivity index (χ4n) is 2.96. The number of rotatable bonds is 2. The van der Waals surface area contributed by atoms with Gasteiger partial charge in [0.2, 0.25) is 5.88 Å². The molecule has 4 aromatic rings.